The first-order valence-corrected chi connectivity index (χ1v) is 11.4. The van der Waals surface area contributed by atoms with Crippen LogP contribution in [0.5, 0.6) is 0 Å². The summed E-state index contributed by atoms with van der Waals surface area (Å²) in [5, 5.41) is 7.56. The molecular formula is C20H25N3O2S2. The molecular weight excluding hydrogens is 378 g/mol. The number of carbonyl (C=O) groups is 2. The van der Waals surface area contributed by atoms with Crippen LogP contribution >= 0.6 is 22.7 Å². The Morgan fingerprint density at radius 2 is 1.96 bits per heavy atom. The van der Waals surface area contributed by atoms with Gasteiger partial charge in [-0.2, -0.15) is 0 Å². The van der Waals surface area contributed by atoms with E-state index < -0.39 is 0 Å². The molecule has 0 saturated carbocycles. The number of nitrogens with one attached hydrogen (secondary N) is 1. The standard InChI is InChI=1S/C20H25N3O2S2/c1-12-3-4-15-16(11-26-17(15)9-12)19(25)23-7-5-14(6-8-23)18(24)22-20-21-13(2)10-27-20/h10-12,14H,3-9H2,1-2H3,(H,21,22,24). The van der Waals surface area contributed by atoms with Gasteiger partial charge in [-0.3, -0.25) is 9.59 Å². The maximum Gasteiger partial charge on any atom is 0.254 e. The number of anilines is 1. The second kappa shape index (κ2) is 7.72. The smallest absolute Gasteiger partial charge is 0.254 e. The summed E-state index contributed by atoms with van der Waals surface area (Å²) in [4.78, 5) is 33.1. The fourth-order valence-corrected chi connectivity index (χ4v) is 5.92. The number of thiophene rings is 1. The fraction of sp³-hybridized carbons (Fsp3) is 0.550. The molecule has 2 aromatic heterocycles. The van der Waals surface area contributed by atoms with Crippen LogP contribution in [0.1, 0.15) is 52.7 Å². The highest BCUT2D eigenvalue weighted by Crippen LogP contribution is 2.34. The Morgan fingerprint density at radius 1 is 1.19 bits per heavy atom. The van der Waals surface area contributed by atoms with Crippen molar-refractivity contribution in [3.05, 3.63) is 32.5 Å². The van der Waals surface area contributed by atoms with Gasteiger partial charge in [0.1, 0.15) is 0 Å². The average Bonchev–Trinajstić information content (AvgIpc) is 3.26. The number of rotatable bonds is 3. The Labute approximate surface area is 167 Å². The number of fused-ring (bicyclic) bond motifs is 1. The van der Waals surface area contributed by atoms with Crippen molar-refractivity contribution in [1.82, 2.24) is 9.88 Å². The molecule has 2 aliphatic rings. The maximum absolute atomic E-state index is 13.0. The summed E-state index contributed by atoms with van der Waals surface area (Å²) < 4.78 is 0. The lowest BCUT2D eigenvalue weighted by Gasteiger charge is -2.31. The highest BCUT2D eigenvalue weighted by atomic mass is 32.1. The molecule has 1 aliphatic carbocycles. The van der Waals surface area contributed by atoms with E-state index in [2.05, 4.69) is 22.6 Å². The molecule has 1 unspecified atom stereocenters. The molecule has 0 spiro atoms. The van der Waals surface area contributed by atoms with Gasteiger partial charge in [0.15, 0.2) is 5.13 Å². The van der Waals surface area contributed by atoms with E-state index in [1.807, 2.05) is 17.2 Å². The van der Waals surface area contributed by atoms with Crippen LogP contribution in [-0.4, -0.2) is 34.8 Å². The van der Waals surface area contributed by atoms with Gasteiger partial charge < -0.3 is 10.2 Å². The van der Waals surface area contributed by atoms with Crippen LogP contribution in [0, 0.1) is 18.8 Å². The molecule has 3 heterocycles. The summed E-state index contributed by atoms with van der Waals surface area (Å²) in [6.07, 6.45) is 4.72. The third-order valence-electron chi connectivity index (χ3n) is 5.63. The molecule has 7 heteroatoms. The zero-order valence-electron chi connectivity index (χ0n) is 15.8. The van der Waals surface area contributed by atoms with Gasteiger partial charge in [-0.1, -0.05) is 6.92 Å². The van der Waals surface area contributed by atoms with Gasteiger partial charge in [0, 0.05) is 34.6 Å². The summed E-state index contributed by atoms with van der Waals surface area (Å²) in [5.74, 6) is 0.847. The van der Waals surface area contributed by atoms with E-state index in [-0.39, 0.29) is 17.7 Å². The number of nitrogens with zero attached hydrogens (tertiary/aromatic N) is 2. The van der Waals surface area contributed by atoms with Crippen molar-refractivity contribution >= 4 is 39.6 Å². The minimum absolute atomic E-state index is 0.0262. The van der Waals surface area contributed by atoms with Crippen LogP contribution < -0.4 is 5.32 Å². The SMILES string of the molecule is Cc1csc(NC(=O)C2CCN(C(=O)c3csc4c3CCC(C)C4)CC2)n1. The number of amides is 2. The Morgan fingerprint density at radius 3 is 2.67 bits per heavy atom. The third kappa shape index (κ3) is 3.94. The number of carbonyl (C=O) groups excluding carboxylic acids is 2. The summed E-state index contributed by atoms with van der Waals surface area (Å²) in [6.45, 7) is 5.50. The van der Waals surface area contributed by atoms with Gasteiger partial charge in [0.05, 0.1) is 11.3 Å². The van der Waals surface area contributed by atoms with E-state index in [1.165, 1.54) is 28.2 Å². The van der Waals surface area contributed by atoms with E-state index in [0.29, 0.717) is 31.1 Å². The molecule has 1 aliphatic heterocycles. The lowest BCUT2D eigenvalue weighted by Crippen LogP contribution is -2.41. The van der Waals surface area contributed by atoms with Crippen molar-refractivity contribution in [2.24, 2.45) is 11.8 Å². The van der Waals surface area contributed by atoms with Crippen LogP contribution in [0.25, 0.3) is 0 Å². The molecule has 1 atom stereocenters. The second-order valence-corrected chi connectivity index (χ2v) is 9.57. The van der Waals surface area contributed by atoms with Gasteiger partial charge in [-0.25, -0.2) is 4.98 Å². The number of aryl methyl sites for hydroxylation is 1. The van der Waals surface area contributed by atoms with Gasteiger partial charge in [-0.15, -0.1) is 22.7 Å². The van der Waals surface area contributed by atoms with Crippen LogP contribution in [0.3, 0.4) is 0 Å². The first-order chi connectivity index (χ1) is 13.0. The van der Waals surface area contributed by atoms with E-state index in [9.17, 15) is 9.59 Å². The van der Waals surface area contributed by atoms with Crippen LogP contribution in [0.4, 0.5) is 5.13 Å². The first kappa shape index (κ1) is 18.6. The van der Waals surface area contributed by atoms with Gasteiger partial charge in [0.25, 0.3) is 5.91 Å². The lowest BCUT2D eigenvalue weighted by atomic mass is 9.88. The van der Waals surface area contributed by atoms with Crippen LogP contribution in [0.2, 0.25) is 0 Å². The highest BCUT2D eigenvalue weighted by molar-refractivity contribution is 7.13. The van der Waals surface area contributed by atoms with E-state index >= 15 is 0 Å². The number of aromatic nitrogens is 1. The predicted octanol–water partition coefficient (Wildman–Crippen LogP) is 4.13. The molecule has 0 aromatic carbocycles. The predicted molar refractivity (Wildman–Crippen MR) is 110 cm³/mol. The van der Waals surface area contributed by atoms with E-state index in [1.54, 1.807) is 11.3 Å². The molecule has 4 rings (SSSR count). The Hall–Kier alpha value is -1.73. The monoisotopic (exact) mass is 403 g/mol. The Balaban J connectivity index is 1.35. The third-order valence-corrected chi connectivity index (χ3v) is 7.56. The first-order valence-electron chi connectivity index (χ1n) is 9.62. The summed E-state index contributed by atoms with van der Waals surface area (Å²) in [5.41, 5.74) is 3.11. The molecule has 0 bridgehead atoms. The number of piperidine rings is 1. The second-order valence-electron chi connectivity index (χ2n) is 7.75. The fourth-order valence-electron chi connectivity index (χ4n) is 3.99. The average molecular weight is 404 g/mol. The molecule has 1 N–H and O–H groups in total. The largest absolute Gasteiger partial charge is 0.339 e. The minimum atomic E-state index is -0.0458. The maximum atomic E-state index is 13.0. The summed E-state index contributed by atoms with van der Waals surface area (Å²) >= 11 is 3.19. The molecule has 0 radical (unpaired) electrons. The highest BCUT2D eigenvalue weighted by Gasteiger charge is 2.31. The number of hydrogen-bond acceptors (Lipinski definition) is 5. The zero-order valence-corrected chi connectivity index (χ0v) is 17.4. The number of hydrogen-bond donors (Lipinski definition) is 1. The van der Waals surface area contributed by atoms with Crippen molar-refractivity contribution in [1.29, 1.82) is 0 Å². The van der Waals surface area contributed by atoms with Crippen molar-refractivity contribution < 1.29 is 9.59 Å². The summed E-state index contributed by atoms with van der Waals surface area (Å²) in [6, 6.07) is 0. The van der Waals surface area contributed by atoms with Crippen molar-refractivity contribution in [2.45, 2.75) is 46.0 Å². The van der Waals surface area contributed by atoms with E-state index in [0.717, 1.165) is 30.0 Å². The molecule has 5 nitrogen and oxygen atoms in total. The molecule has 2 amide bonds. The van der Waals surface area contributed by atoms with Gasteiger partial charge >= 0.3 is 0 Å². The summed E-state index contributed by atoms with van der Waals surface area (Å²) in [7, 11) is 0. The van der Waals surface area contributed by atoms with Gasteiger partial charge in [-0.05, 0) is 50.5 Å². The van der Waals surface area contributed by atoms with Crippen LogP contribution in [0.15, 0.2) is 10.8 Å². The van der Waals surface area contributed by atoms with Crippen molar-refractivity contribution in [2.75, 3.05) is 18.4 Å². The molecule has 144 valence electrons. The minimum Gasteiger partial charge on any atom is -0.339 e. The number of likely N-dealkylation sites (tertiary alicyclic amines) is 1. The molecule has 1 saturated heterocycles. The van der Waals surface area contributed by atoms with Crippen molar-refractivity contribution in [3.8, 4) is 0 Å². The zero-order chi connectivity index (χ0) is 19.0. The molecule has 1 fully saturated rings. The number of thiazole rings is 1. The van der Waals surface area contributed by atoms with Crippen molar-refractivity contribution in [3.63, 3.8) is 0 Å². The molecule has 2 aromatic rings. The van der Waals surface area contributed by atoms with Crippen LogP contribution in [-0.2, 0) is 17.6 Å². The quantitative estimate of drug-likeness (QED) is 0.838. The normalized spacial score (nSPS) is 20.4. The lowest BCUT2D eigenvalue weighted by molar-refractivity contribution is -0.121. The van der Waals surface area contributed by atoms with E-state index in [4.69, 9.17) is 0 Å². The van der Waals surface area contributed by atoms with Gasteiger partial charge in [0.2, 0.25) is 5.91 Å². The Kier molecular flexibility index (Phi) is 5.32. The topological polar surface area (TPSA) is 62.3 Å². The molecule has 27 heavy (non-hydrogen) atoms. The Bertz CT molecular complexity index is 849.